The Kier molecular flexibility index (Phi) is 4.85. The maximum atomic E-state index is 13.2. The average molecular weight is 299 g/mol. The van der Waals surface area contributed by atoms with Gasteiger partial charge in [0.1, 0.15) is 11.6 Å². The van der Waals surface area contributed by atoms with Gasteiger partial charge in [-0.3, -0.25) is 4.68 Å². The van der Waals surface area contributed by atoms with Gasteiger partial charge in [0.25, 0.3) is 0 Å². The molecule has 0 aliphatic rings. The van der Waals surface area contributed by atoms with E-state index in [2.05, 4.69) is 15.2 Å². The maximum absolute atomic E-state index is 13.2. The van der Waals surface area contributed by atoms with Crippen molar-refractivity contribution in [2.75, 3.05) is 0 Å². The Labute approximate surface area is 120 Å². The SMILES string of the molecule is C[C@H](NCc1ccnn1C)c1ccc(F)cc1OC(F)F. The Balaban J connectivity index is 2.11. The second-order valence-corrected chi connectivity index (χ2v) is 4.61. The van der Waals surface area contributed by atoms with Crippen LogP contribution in [-0.2, 0) is 13.6 Å². The first-order valence-corrected chi connectivity index (χ1v) is 6.42. The van der Waals surface area contributed by atoms with E-state index in [4.69, 9.17) is 0 Å². The van der Waals surface area contributed by atoms with Crippen LogP contribution in [-0.4, -0.2) is 16.4 Å². The first kappa shape index (κ1) is 15.4. The number of hydrogen-bond acceptors (Lipinski definition) is 3. The summed E-state index contributed by atoms with van der Waals surface area (Å²) in [6.07, 6.45) is 1.67. The van der Waals surface area contributed by atoms with Crippen molar-refractivity contribution in [1.82, 2.24) is 15.1 Å². The summed E-state index contributed by atoms with van der Waals surface area (Å²) in [7, 11) is 1.81. The summed E-state index contributed by atoms with van der Waals surface area (Å²) < 4.78 is 44.0. The minimum atomic E-state index is -2.99. The summed E-state index contributed by atoms with van der Waals surface area (Å²) >= 11 is 0. The Bertz CT molecular complexity index is 601. The Morgan fingerprint density at radius 3 is 2.71 bits per heavy atom. The Morgan fingerprint density at radius 1 is 1.33 bits per heavy atom. The molecule has 0 saturated carbocycles. The lowest BCUT2D eigenvalue weighted by atomic mass is 10.1. The van der Waals surface area contributed by atoms with Crippen LogP contribution in [0, 0.1) is 5.82 Å². The van der Waals surface area contributed by atoms with Crippen LogP contribution in [0.2, 0.25) is 0 Å². The number of nitrogens with zero attached hydrogens (tertiary/aromatic N) is 2. The molecule has 0 aliphatic carbocycles. The van der Waals surface area contributed by atoms with Crippen LogP contribution in [0.25, 0.3) is 0 Å². The molecule has 2 rings (SSSR count). The van der Waals surface area contributed by atoms with Crippen LogP contribution in [0.15, 0.2) is 30.5 Å². The fourth-order valence-electron chi connectivity index (χ4n) is 2.01. The summed E-state index contributed by atoms with van der Waals surface area (Å²) in [6.45, 7) is -0.694. The summed E-state index contributed by atoms with van der Waals surface area (Å²) in [6, 6.07) is 5.18. The molecule has 21 heavy (non-hydrogen) atoms. The highest BCUT2D eigenvalue weighted by molar-refractivity contribution is 5.36. The molecule has 1 aromatic heterocycles. The highest BCUT2D eigenvalue weighted by Gasteiger charge is 2.16. The number of halogens is 3. The van der Waals surface area contributed by atoms with Crippen molar-refractivity contribution >= 4 is 0 Å². The summed E-state index contributed by atoms with van der Waals surface area (Å²) in [5.74, 6) is -0.775. The first-order chi connectivity index (χ1) is 9.97. The molecule has 2 aromatic rings. The number of rotatable bonds is 6. The van der Waals surface area contributed by atoms with E-state index < -0.39 is 12.4 Å². The van der Waals surface area contributed by atoms with E-state index in [1.54, 1.807) is 17.8 Å². The molecule has 1 heterocycles. The minimum absolute atomic E-state index is 0.157. The Hall–Kier alpha value is -2.02. The van der Waals surface area contributed by atoms with Gasteiger partial charge in [-0.2, -0.15) is 13.9 Å². The molecule has 0 bridgehead atoms. The molecule has 1 aromatic carbocycles. The smallest absolute Gasteiger partial charge is 0.387 e. The van der Waals surface area contributed by atoms with Crippen molar-refractivity contribution in [2.24, 2.45) is 7.05 Å². The van der Waals surface area contributed by atoms with E-state index in [0.29, 0.717) is 12.1 Å². The van der Waals surface area contributed by atoms with Crippen LogP contribution >= 0.6 is 0 Å². The molecule has 0 saturated heterocycles. The van der Waals surface area contributed by atoms with E-state index in [9.17, 15) is 13.2 Å². The fraction of sp³-hybridized carbons (Fsp3) is 0.357. The predicted octanol–water partition coefficient (Wildman–Crippen LogP) is 3.01. The molecule has 1 atom stereocenters. The Morgan fingerprint density at radius 2 is 2.10 bits per heavy atom. The van der Waals surface area contributed by atoms with E-state index in [0.717, 1.165) is 11.8 Å². The van der Waals surface area contributed by atoms with Gasteiger partial charge in [0.2, 0.25) is 0 Å². The number of ether oxygens (including phenoxy) is 1. The van der Waals surface area contributed by atoms with Crippen molar-refractivity contribution in [3.63, 3.8) is 0 Å². The van der Waals surface area contributed by atoms with Crippen LogP contribution in [0.5, 0.6) is 5.75 Å². The largest absolute Gasteiger partial charge is 0.434 e. The minimum Gasteiger partial charge on any atom is -0.434 e. The molecule has 0 spiro atoms. The van der Waals surface area contributed by atoms with Crippen LogP contribution in [0.1, 0.15) is 24.2 Å². The van der Waals surface area contributed by atoms with Crippen molar-refractivity contribution in [2.45, 2.75) is 26.1 Å². The van der Waals surface area contributed by atoms with E-state index in [-0.39, 0.29) is 11.8 Å². The van der Waals surface area contributed by atoms with Gasteiger partial charge in [-0.25, -0.2) is 4.39 Å². The molecule has 0 fully saturated rings. The van der Waals surface area contributed by atoms with Crippen LogP contribution in [0.3, 0.4) is 0 Å². The number of aryl methyl sites for hydroxylation is 1. The molecule has 7 heteroatoms. The van der Waals surface area contributed by atoms with Gasteiger partial charge in [-0.15, -0.1) is 0 Å². The number of benzene rings is 1. The molecule has 114 valence electrons. The molecular formula is C14H16F3N3O. The number of nitrogens with one attached hydrogen (secondary N) is 1. The van der Waals surface area contributed by atoms with Gasteiger partial charge in [0.05, 0.1) is 5.69 Å². The lowest BCUT2D eigenvalue weighted by Crippen LogP contribution is -2.21. The second-order valence-electron chi connectivity index (χ2n) is 4.61. The molecule has 0 amide bonds. The standard InChI is InChI=1S/C14H16F3N3O/c1-9(18-8-11-5-6-19-20(11)2)12-4-3-10(15)7-13(12)21-14(16)17/h3-7,9,14,18H,8H2,1-2H3/t9-/m0/s1. The first-order valence-electron chi connectivity index (χ1n) is 6.42. The zero-order valence-electron chi connectivity index (χ0n) is 11.7. The van der Waals surface area contributed by atoms with Crippen LogP contribution in [0.4, 0.5) is 13.2 Å². The van der Waals surface area contributed by atoms with Gasteiger partial charge in [-0.05, 0) is 19.1 Å². The molecule has 1 N–H and O–H groups in total. The zero-order valence-corrected chi connectivity index (χ0v) is 11.7. The molecule has 0 unspecified atom stereocenters. The molecule has 4 nitrogen and oxygen atoms in total. The predicted molar refractivity (Wildman–Crippen MR) is 71.5 cm³/mol. The molecule has 0 radical (unpaired) electrons. The van der Waals surface area contributed by atoms with Gasteiger partial charge in [-0.1, -0.05) is 6.07 Å². The molecular weight excluding hydrogens is 283 g/mol. The summed E-state index contributed by atoms with van der Waals surface area (Å²) in [5, 5.41) is 7.21. The second kappa shape index (κ2) is 6.62. The van der Waals surface area contributed by atoms with E-state index in [1.807, 2.05) is 13.1 Å². The fourth-order valence-corrected chi connectivity index (χ4v) is 2.01. The topological polar surface area (TPSA) is 39.1 Å². The third-order valence-electron chi connectivity index (χ3n) is 3.17. The highest BCUT2D eigenvalue weighted by Crippen LogP contribution is 2.27. The van der Waals surface area contributed by atoms with Crippen molar-refractivity contribution < 1.29 is 17.9 Å². The van der Waals surface area contributed by atoms with E-state index in [1.165, 1.54) is 12.1 Å². The van der Waals surface area contributed by atoms with Gasteiger partial charge < -0.3 is 10.1 Å². The summed E-state index contributed by atoms with van der Waals surface area (Å²) in [5.41, 5.74) is 1.42. The quantitative estimate of drug-likeness (QED) is 0.891. The average Bonchev–Trinajstić information content (AvgIpc) is 2.81. The third kappa shape index (κ3) is 3.98. The van der Waals surface area contributed by atoms with Crippen molar-refractivity contribution in [3.05, 3.63) is 47.5 Å². The van der Waals surface area contributed by atoms with Crippen LogP contribution < -0.4 is 10.1 Å². The lowest BCUT2D eigenvalue weighted by molar-refractivity contribution is -0.0508. The molecule has 0 aliphatic heterocycles. The monoisotopic (exact) mass is 299 g/mol. The number of hydrogen-bond donors (Lipinski definition) is 1. The zero-order chi connectivity index (χ0) is 15.4. The third-order valence-corrected chi connectivity index (χ3v) is 3.17. The maximum Gasteiger partial charge on any atom is 0.387 e. The van der Waals surface area contributed by atoms with Crippen molar-refractivity contribution in [3.8, 4) is 5.75 Å². The summed E-state index contributed by atoms with van der Waals surface area (Å²) in [4.78, 5) is 0. The van der Waals surface area contributed by atoms with Crippen molar-refractivity contribution in [1.29, 1.82) is 0 Å². The number of alkyl halides is 2. The highest BCUT2D eigenvalue weighted by atomic mass is 19.3. The van der Waals surface area contributed by atoms with Gasteiger partial charge in [0.15, 0.2) is 0 Å². The van der Waals surface area contributed by atoms with E-state index >= 15 is 0 Å². The van der Waals surface area contributed by atoms with Gasteiger partial charge in [0, 0.05) is 37.5 Å². The number of aromatic nitrogens is 2. The normalized spacial score (nSPS) is 12.7. The van der Waals surface area contributed by atoms with Gasteiger partial charge >= 0.3 is 6.61 Å². The lowest BCUT2D eigenvalue weighted by Gasteiger charge is -2.18.